The molecule has 1 aliphatic rings. The van der Waals surface area contributed by atoms with Gasteiger partial charge in [-0.1, -0.05) is 68.3 Å². The van der Waals surface area contributed by atoms with Gasteiger partial charge in [-0.3, -0.25) is 13.9 Å². The molecule has 4 rings (SSSR count). The summed E-state index contributed by atoms with van der Waals surface area (Å²) in [5.41, 5.74) is 1.81. The molecule has 7 nitrogen and oxygen atoms in total. The molecule has 0 bridgehead atoms. The summed E-state index contributed by atoms with van der Waals surface area (Å²) in [6.07, 6.45) is 4.43. The topological polar surface area (TPSA) is 86.8 Å². The lowest BCUT2D eigenvalue weighted by atomic mass is 10.1. The first-order valence-electron chi connectivity index (χ1n) is 13.7. The van der Waals surface area contributed by atoms with Gasteiger partial charge in [0, 0.05) is 12.6 Å². The van der Waals surface area contributed by atoms with Crippen molar-refractivity contribution in [1.82, 2.24) is 10.2 Å². The Hall–Kier alpha value is -3.72. The molecule has 1 saturated carbocycles. The fourth-order valence-corrected chi connectivity index (χ4v) is 6.52. The number of nitrogens with one attached hydrogen (secondary N) is 1. The Balaban J connectivity index is 1.70. The van der Waals surface area contributed by atoms with Crippen LogP contribution >= 0.6 is 0 Å². The van der Waals surface area contributed by atoms with Crippen molar-refractivity contribution in [2.45, 2.75) is 69.5 Å². The van der Waals surface area contributed by atoms with Gasteiger partial charge in [-0.15, -0.1) is 0 Å². The number of amides is 2. The smallest absolute Gasteiger partial charge is 0.264 e. The van der Waals surface area contributed by atoms with Crippen LogP contribution < -0.4 is 9.62 Å². The molecule has 212 valence electrons. The van der Waals surface area contributed by atoms with E-state index < -0.39 is 34.3 Å². The summed E-state index contributed by atoms with van der Waals surface area (Å²) in [5.74, 6) is -1.25. The van der Waals surface area contributed by atoms with Gasteiger partial charge in [-0.25, -0.2) is 12.8 Å². The predicted octanol–water partition coefficient (Wildman–Crippen LogP) is 5.06. The minimum atomic E-state index is -4.12. The van der Waals surface area contributed by atoms with Crippen LogP contribution in [0.5, 0.6) is 0 Å². The van der Waals surface area contributed by atoms with Crippen LogP contribution in [-0.2, 0) is 32.6 Å². The summed E-state index contributed by atoms with van der Waals surface area (Å²) in [7, 11) is -4.12. The van der Waals surface area contributed by atoms with Crippen molar-refractivity contribution in [2.75, 3.05) is 10.8 Å². The monoisotopic (exact) mass is 565 g/mol. The number of benzene rings is 3. The van der Waals surface area contributed by atoms with Gasteiger partial charge in [0.25, 0.3) is 10.0 Å². The summed E-state index contributed by atoms with van der Waals surface area (Å²) >= 11 is 0. The van der Waals surface area contributed by atoms with Gasteiger partial charge in [0.15, 0.2) is 0 Å². The molecule has 0 aliphatic heterocycles. The van der Waals surface area contributed by atoms with E-state index in [9.17, 15) is 22.4 Å². The summed E-state index contributed by atoms with van der Waals surface area (Å²) < 4.78 is 42.6. The van der Waals surface area contributed by atoms with E-state index >= 15 is 0 Å². The molecule has 40 heavy (non-hydrogen) atoms. The molecule has 0 spiro atoms. The Kier molecular flexibility index (Phi) is 9.58. The van der Waals surface area contributed by atoms with Crippen LogP contribution in [0.1, 0.15) is 50.7 Å². The number of nitrogens with zero attached hydrogens (tertiary/aromatic N) is 2. The van der Waals surface area contributed by atoms with Crippen molar-refractivity contribution in [2.24, 2.45) is 0 Å². The molecular formula is C31H36FN3O4S. The van der Waals surface area contributed by atoms with E-state index in [2.05, 4.69) is 5.32 Å². The number of rotatable bonds is 11. The minimum Gasteiger partial charge on any atom is -0.352 e. The molecule has 9 heteroatoms. The minimum absolute atomic E-state index is 0.0208. The summed E-state index contributed by atoms with van der Waals surface area (Å²) in [5, 5.41) is 3.04. The van der Waals surface area contributed by atoms with Crippen LogP contribution in [0.25, 0.3) is 0 Å². The fourth-order valence-electron chi connectivity index (χ4n) is 5.05. The zero-order valence-electron chi connectivity index (χ0n) is 22.9. The highest BCUT2D eigenvalue weighted by molar-refractivity contribution is 7.92. The molecule has 1 fully saturated rings. The Labute approximate surface area is 236 Å². The van der Waals surface area contributed by atoms with Crippen molar-refractivity contribution in [3.8, 4) is 0 Å². The molecule has 0 heterocycles. The van der Waals surface area contributed by atoms with Crippen molar-refractivity contribution < 1.29 is 22.4 Å². The molecule has 2 amide bonds. The maximum atomic E-state index is 14.0. The second-order valence-corrected chi connectivity index (χ2v) is 12.0. The highest BCUT2D eigenvalue weighted by atomic mass is 32.2. The SMILES string of the molecule is CCc1ccccc1N(CC(=O)N(Cc1ccc(F)cc1)C(C)C(=O)NC1CCCC1)S(=O)(=O)c1ccccc1. The highest BCUT2D eigenvalue weighted by Gasteiger charge is 2.34. The Morgan fingerprint density at radius 2 is 1.57 bits per heavy atom. The van der Waals surface area contributed by atoms with E-state index in [4.69, 9.17) is 0 Å². The van der Waals surface area contributed by atoms with Gasteiger partial charge in [-0.05, 0) is 67.6 Å². The average molecular weight is 566 g/mol. The third-order valence-electron chi connectivity index (χ3n) is 7.39. The predicted molar refractivity (Wildman–Crippen MR) is 154 cm³/mol. The standard InChI is InChI=1S/C31H36FN3O4S/c1-3-25-11-7-10-16-29(25)35(40(38,39)28-14-5-4-6-15-28)22-30(36)34(21-24-17-19-26(32)20-18-24)23(2)31(37)33-27-12-8-9-13-27/h4-7,10-11,14-20,23,27H,3,8-9,12-13,21-22H2,1-2H3,(H,33,37). The van der Waals surface area contributed by atoms with Crippen molar-refractivity contribution >= 4 is 27.5 Å². The number of aryl methyl sites for hydroxylation is 1. The maximum Gasteiger partial charge on any atom is 0.264 e. The zero-order chi connectivity index (χ0) is 28.7. The first kappa shape index (κ1) is 29.3. The lowest BCUT2D eigenvalue weighted by Crippen LogP contribution is -2.52. The Morgan fingerprint density at radius 3 is 2.23 bits per heavy atom. The number of para-hydroxylation sites is 1. The van der Waals surface area contributed by atoms with Crippen LogP contribution in [0, 0.1) is 5.82 Å². The van der Waals surface area contributed by atoms with E-state index in [1.54, 1.807) is 49.4 Å². The van der Waals surface area contributed by atoms with Crippen LogP contribution in [0.15, 0.2) is 83.8 Å². The van der Waals surface area contributed by atoms with Crippen LogP contribution in [-0.4, -0.2) is 43.8 Å². The van der Waals surface area contributed by atoms with E-state index in [-0.39, 0.29) is 23.4 Å². The van der Waals surface area contributed by atoms with Crippen LogP contribution in [0.4, 0.5) is 10.1 Å². The van der Waals surface area contributed by atoms with Crippen molar-refractivity contribution in [3.05, 3.63) is 95.8 Å². The number of halogens is 1. The summed E-state index contributed by atoms with van der Waals surface area (Å²) in [4.78, 5) is 28.7. The highest BCUT2D eigenvalue weighted by Crippen LogP contribution is 2.28. The van der Waals surface area contributed by atoms with E-state index in [0.29, 0.717) is 17.7 Å². The van der Waals surface area contributed by atoms with Crippen LogP contribution in [0.3, 0.4) is 0 Å². The van der Waals surface area contributed by atoms with Crippen LogP contribution in [0.2, 0.25) is 0 Å². The molecule has 1 atom stereocenters. The lowest BCUT2D eigenvalue weighted by molar-refractivity contribution is -0.139. The molecule has 3 aromatic carbocycles. The molecule has 3 aromatic rings. The van der Waals surface area contributed by atoms with E-state index in [1.807, 2.05) is 19.1 Å². The van der Waals surface area contributed by atoms with Gasteiger partial charge >= 0.3 is 0 Å². The zero-order valence-corrected chi connectivity index (χ0v) is 23.7. The number of sulfonamides is 1. The quantitative estimate of drug-likeness (QED) is 0.352. The van der Waals surface area contributed by atoms with Gasteiger partial charge < -0.3 is 10.2 Å². The third kappa shape index (κ3) is 6.88. The molecule has 0 aromatic heterocycles. The average Bonchev–Trinajstić information content (AvgIpc) is 3.48. The third-order valence-corrected chi connectivity index (χ3v) is 9.16. The fraction of sp³-hybridized carbons (Fsp3) is 0.355. The number of hydrogen-bond acceptors (Lipinski definition) is 4. The van der Waals surface area contributed by atoms with Gasteiger partial charge in [-0.2, -0.15) is 0 Å². The molecule has 1 unspecified atom stereocenters. The second kappa shape index (κ2) is 13.1. The number of anilines is 1. The first-order chi connectivity index (χ1) is 19.2. The number of carbonyl (C=O) groups is 2. The lowest BCUT2D eigenvalue weighted by Gasteiger charge is -2.33. The molecule has 0 radical (unpaired) electrons. The first-order valence-corrected chi connectivity index (χ1v) is 15.1. The van der Waals surface area contributed by atoms with Gasteiger partial charge in [0.2, 0.25) is 11.8 Å². The molecule has 1 N–H and O–H groups in total. The van der Waals surface area contributed by atoms with Gasteiger partial charge in [0.1, 0.15) is 18.4 Å². The Morgan fingerprint density at radius 1 is 0.950 bits per heavy atom. The number of carbonyl (C=O) groups excluding carboxylic acids is 2. The Bertz CT molecular complexity index is 1410. The summed E-state index contributed by atoms with van der Waals surface area (Å²) in [6.45, 7) is 3.08. The van der Waals surface area contributed by atoms with E-state index in [0.717, 1.165) is 35.6 Å². The van der Waals surface area contributed by atoms with Crippen molar-refractivity contribution in [3.63, 3.8) is 0 Å². The molecular weight excluding hydrogens is 529 g/mol. The van der Waals surface area contributed by atoms with Crippen molar-refractivity contribution in [1.29, 1.82) is 0 Å². The second-order valence-electron chi connectivity index (χ2n) is 10.1. The van der Waals surface area contributed by atoms with E-state index in [1.165, 1.54) is 29.2 Å². The normalized spacial score (nSPS) is 14.5. The van der Waals surface area contributed by atoms with Gasteiger partial charge in [0.05, 0.1) is 10.6 Å². The maximum absolute atomic E-state index is 14.0. The number of hydrogen-bond donors (Lipinski definition) is 1. The molecule has 1 aliphatic carbocycles. The summed E-state index contributed by atoms with van der Waals surface area (Å²) in [6, 6.07) is 20.0. The molecule has 0 saturated heterocycles. The largest absolute Gasteiger partial charge is 0.352 e.